The molecule has 1 aromatic carbocycles. The monoisotopic (exact) mass is 274 g/mol. The molecule has 104 valence electrons. The van der Waals surface area contributed by atoms with E-state index in [4.69, 9.17) is 16.2 Å². The van der Waals surface area contributed by atoms with Crippen LogP contribution in [-0.2, 0) is 0 Å². The predicted molar refractivity (Wildman–Crippen MR) is 74.5 cm³/mol. The Morgan fingerprint density at radius 3 is 2.55 bits per heavy atom. The summed E-state index contributed by atoms with van der Waals surface area (Å²) in [5, 5.41) is 2.32. The average molecular weight is 274 g/mol. The first-order valence-corrected chi connectivity index (χ1v) is 5.75. The Bertz CT molecular complexity index is 663. The fourth-order valence-electron chi connectivity index (χ4n) is 1.88. The van der Waals surface area contributed by atoms with Crippen LogP contribution in [0.3, 0.4) is 0 Å². The Hall–Kier alpha value is -2.96. The second-order valence-corrected chi connectivity index (χ2v) is 4.03. The largest absolute Gasteiger partial charge is 0.496 e. The van der Waals surface area contributed by atoms with Crippen LogP contribution in [-0.4, -0.2) is 24.0 Å². The highest BCUT2D eigenvalue weighted by Crippen LogP contribution is 2.31. The zero-order chi connectivity index (χ0) is 14.7. The topological polar surface area (TPSA) is 123 Å². The molecule has 1 aromatic heterocycles. The Morgan fingerprint density at radius 2 is 1.95 bits per heavy atom. The van der Waals surface area contributed by atoms with Gasteiger partial charge in [-0.3, -0.25) is 10.1 Å². The molecule has 2 rings (SSSR count). The van der Waals surface area contributed by atoms with E-state index in [-0.39, 0.29) is 11.4 Å². The maximum atomic E-state index is 11.4. The van der Waals surface area contributed by atoms with Gasteiger partial charge in [-0.05, 0) is 18.2 Å². The van der Waals surface area contributed by atoms with Crippen LogP contribution in [0.5, 0.6) is 5.75 Å². The number of hydrogen-bond acceptors (Lipinski definition) is 3. The van der Waals surface area contributed by atoms with E-state index in [9.17, 15) is 9.59 Å². The summed E-state index contributed by atoms with van der Waals surface area (Å²) in [6.07, 6.45) is 0. The van der Waals surface area contributed by atoms with Crippen molar-refractivity contribution in [2.75, 3.05) is 12.4 Å². The summed E-state index contributed by atoms with van der Waals surface area (Å²) < 4.78 is 5.24. The molecule has 0 fully saturated rings. The number of carbonyl (C=O) groups is 2. The molecule has 0 bridgehead atoms. The highest BCUT2D eigenvalue weighted by atomic mass is 16.5. The molecular weight excluding hydrogens is 260 g/mol. The summed E-state index contributed by atoms with van der Waals surface area (Å²) in [4.78, 5) is 25.2. The third-order valence-electron chi connectivity index (χ3n) is 2.73. The van der Waals surface area contributed by atoms with Crippen molar-refractivity contribution in [3.8, 4) is 17.0 Å². The number of nitrogens with one attached hydrogen (secondary N) is 2. The zero-order valence-electron chi connectivity index (χ0n) is 10.8. The molecule has 1 heterocycles. The molecule has 2 aromatic rings. The molecule has 0 atom stereocenters. The quantitative estimate of drug-likeness (QED) is 0.671. The van der Waals surface area contributed by atoms with Gasteiger partial charge in [-0.25, -0.2) is 4.79 Å². The van der Waals surface area contributed by atoms with Crippen molar-refractivity contribution in [3.63, 3.8) is 0 Å². The molecule has 0 saturated carbocycles. The number of rotatable bonds is 4. The number of primary amides is 2. The van der Waals surface area contributed by atoms with Gasteiger partial charge in [-0.2, -0.15) is 0 Å². The number of H-pyrrole nitrogens is 1. The van der Waals surface area contributed by atoms with Gasteiger partial charge in [0.1, 0.15) is 11.6 Å². The minimum Gasteiger partial charge on any atom is -0.496 e. The number of carbonyl (C=O) groups excluding carboxylic acids is 2. The van der Waals surface area contributed by atoms with Crippen LogP contribution in [0.1, 0.15) is 10.4 Å². The van der Waals surface area contributed by atoms with E-state index in [0.29, 0.717) is 11.4 Å². The standard InChI is InChI=1S/C13H14N4O3/c1-20-10-5-3-2-4-7(10)9-6-8(11(14)18)12(16-9)17-13(15)19/h2-6,16H,1H3,(H2,14,18)(H3,15,17,19). The highest BCUT2D eigenvalue weighted by Gasteiger charge is 2.16. The molecule has 0 aliphatic rings. The fourth-order valence-corrected chi connectivity index (χ4v) is 1.88. The minimum absolute atomic E-state index is 0.143. The second-order valence-electron chi connectivity index (χ2n) is 4.03. The van der Waals surface area contributed by atoms with Crippen molar-refractivity contribution < 1.29 is 14.3 Å². The van der Waals surface area contributed by atoms with Crippen molar-refractivity contribution in [1.82, 2.24) is 4.98 Å². The number of amides is 3. The van der Waals surface area contributed by atoms with Gasteiger partial charge in [-0.1, -0.05) is 12.1 Å². The minimum atomic E-state index is -0.791. The molecule has 7 nitrogen and oxygen atoms in total. The van der Waals surface area contributed by atoms with Gasteiger partial charge in [0.2, 0.25) is 0 Å². The lowest BCUT2D eigenvalue weighted by molar-refractivity contribution is 0.100. The van der Waals surface area contributed by atoms with Crippen LogP contribution < -0.4 is 21.5 Å². The number of benzene rings is 1. The lowest BCUT2D eigenvalue weighted by atomic mass is 10.1. The Morgan fingerprint density at radius 1 is 1.25 bits per heavy atom. The molecule has 20 heavy (non-hydrogen) atoms. The molecule has 0 aliphatic heterocycles. The van der Waals surface area contributed by atoms with E-state index in [1.807, 2.05) is 18.2 Å². The summed E-state index contributed by atoms with van der Waals surface area (Å²) in [5.41, 5.74) is 11.8. The van der Waals surface area contributed by atoms with E-state index in [1.165, 1.54) is 6.07 Å². The van der Waals surface area contributed by atoms with E-state index >= 15 is 0 Å². The van der Waals surface area contributed by atoms with Crippen molar-refractivity contribution in [1.29, 1.82) is 0 Å². The fraction of sp³-hybridized carbons (Fsp3) is 0.0769. The number of hydrogen-bond donors (Lipinski definition) is 4. The van der Waals surface area contributed by atoms with Gasteiger partial charge in [-0.15, -0.1) is 0 Å². The molecular formula is C13H14N4O3. The van der Waals surface area contributed by atoms with Crippen LogP contribution in [0.25, 0.3) is 11.3 Å². The van der Waals surface area contributed by atoms with Crippen molar-refractivity contribution in [2.24, 2.45) is 11.5 Å². The molecule has 0 spiro atoms. The van der Waals surface area contributed by atoms with Crippen molar-refractivity contribution in [3.05, 3.63) is 35.9 Å². The first kappa shape index (κ1) is 13.5. The van der Waals surface area contributed by atoms with Crippen LogP contribution in [0.4, 0.5) is 10.6 Å². The van der Waals surface area contributed by atoms with Gasteiger partial charge in [0.25, 0.3) is 5.91 Å². The highest BCUT2D eigenvalue weighted by molar-refractivity contribution is 6.03. The van der Waals surface area contributed by atoms with Crippen LogP contribution in [0.15, 0.2) is 30.3 Å². The van der Waals surface area contributed by atoms with Gasteiger partial charge in [0, 0.05) is 5.56 Å². The number of aromatic amines is 1. The molecule has 7 heteroatoms. The first-order valence-electron chi connectivity index (χ1n) is 5.75. The number of anilines is 1. The Kier molecular flexibility index (Phi) is 3.60. The second kappa shape index (κ2) is 5.35. The Labute approximate surface area is 114 Å². The zero-order valence-corrected chi connectivity index (χ0v) is 10.8. The number of aromatic nitrogens is 1. The summed E-state index contributed by atoms with van der Waals surface area (Å²) in [6, 6.07) is 7.98. The summed E-state index contributed by atoms with van der Waals surface area (Å²) in [7, 11) is 1.54. The third kappa shape index (κ3) is 2.56. The third-order valence-corrected chi connectivity index (χ3v) is 2.73. The summed E-state index contributed by atoms with van der Waals surface area (Å²) in [6.45, 7) is 0. The van der Waals surface area contributed by atoms with Crippen LogP contribution in [0, 0.1) is 0 Å². The maximum absolute atomic E-state index is 11.4. The number of para-hydroxylation sites is 1. The number of methoxy groups -OCH3 is 1. The molecule has 0 unspecified atom stereocenters. The molecule has 0 aliphatic carbocycles. The lowest BCUT2D eigenvalue weighted by Gasteiger charge is -2.06. The van der Waals surface area contributed by atoms with E-state index < -0.39 is 11.9 Å². The predicted octanol–water partition coefficient (Wildman–Crippen LogP) is 1.28. The van der Waals surface area contributed by atoms with Gasteiger partial charge in [0.05, 0.1) is 18.4 Å². The van der Waals surface area contributed by atoms with E-state index in [0.717, 1.165) is 5.56 Å². The molecule has 0 radical (unpaired) electrons. The first-order chi connectivity index (χ1) is 9.52. The van der Waals surface area contributed by atoms with Crippen LogP contribution in [0.2, 0.25) is 0 Å². The van der Waals surface area contributed by atoms with Gasteiger partial charge < -0.3 is 21.2 Å². The van der Waals surface area contributed by atoms with Crippen molar-refractivity contribution in [2.45, 2.75) is 0 Å². The van der Waals surface area contributed by atoms with Gasteiger partial charge >= 0.3 is 6.03 Å². The van der Waals surface area contributed by atoms with E-state index in [1.54, 1.807) is 13.2 Å². The lowest BCUT2D eigenvalue weighted by Crippen LogP contribution is -2.22. The summed E-state index contributed by atoms with van der Waals surface area (Å²) in [5.74, 6) is 0.104. The number of nitrogens with two attached hydrogens (primary N) is 2. The Balaban J connectivity index is 2.52. The van der Waals surface area contributed by atoms with Crippen LogP contribution >= 0.6 is 0 Å². The van der Waals surface area contributed by atoms with Crippen molar-refractivity contribution >= 4 is 17.8 Å². The number of urea groups is 1. The van der Waals surface area contributed by atoms with E-state index in [2.05, 4.69) is 10.3 Å². The molecule has 6 N–H and O–H groups in total. The van der Waals surface area contributed by atoms with Gasteiger partial charge in [0.15, 0.2) is 0 Å². The maximum Gasteiger partial charge on any atom is 0.317 e. The number of ether oxygens (including phenoxy) is 1. The SMILES string of the molecule is COc1ccccc1-c1cc(C(N)=O)c(NC(N)=O)[nH]1. The normalized spacial score (nSPS) is 10.1. The molecule has 3 amide bonds. The smallest absolute Gasteiger partial charge is 0.317 e. The summed E-state index contributed by atoms with van der Waals surface area (Å²) >= 11 is 0. The molecule has 0 saturated heterocycles. The average Bonchev–Trinajstić information content (AvgIpc) is 2.81.